The Morgan fingerprint density at radius 2 is 1.68 bits per heavy atom. The zero-order valence-corrected chi connectivity index (χ0v) is 25.4. The van der Waals surface area contributed by atoms with Crippen LogP contribution in [0.25, 0.3) is 10.8 Å². The Kier molecular flexibility index (Phi) is 10.7. The fourth-order valence-electron chi connectivity index (χ4n) is 5.31. The van der Waals surface area contributed by atoms with E-state index < -0.39 is 0 Å². The van der Waals surface area contributed by atoms with Crippen LogP contribution in [0.5, 0.6) is 11.5 Å². The Balaban J connectivity index is 1.33. The number of carbonyl (C=O) groups is 2. The van der Waals surface area contributed by atoms with Crippen molar-refractivity contribution in [3.8, 4) is 11.5 Å². The van der Waals surface area contributed by atoms with Crippen LogP contribution in [0.1, 0.15) is 11.3 Å². The van der Waals surface area contributed by atoms with Crippen LogP contribution in [-0.4, -0.2) is 93.3 Å². The van der Waals surface area contributed by atoms with E-state index >= 15 is 0 Å². The fourth-order valence-corrected chi connectivity index (χ4v) is 5.31. The molecule has 10 heteroatoms. The van der Waals surface area contributed by atoms with Gasteiger partial charge < -0.3 is 33.7 Å². The number of carbonyl (C=O) groups excluding carboxylic acids is 2. The summed E-state index contributed by atoms with van der Waals surface area (Å²) < 4.78 is 21.9. The number of nitrogens with one attached hydrogen (secondary N) is 1. The highest BCUT2D eigenvalue weighted by molar-refractivity contribution is 6.02. The molecular formula is C34H40N4O6. The molecule has 3 amide bonds. The molecule has 1 fully saturated rings. The van der Waals surface area contributed by atoms with Crippen LogP contribution < -0.4 is 14.8 Å². The van der Waals surface area contributed by atoms with E-state index in [9.17, 15) is 9.59 Å². The number of benzene rings is 3. The van der Waals surface area contributed by atoms with Crippen LogP contribution in [0.2, 0.25) is 0 Å². The van der Waals surface area contributed by atoms with E-state index in [0.717, 1.165) is 29.4 Å². The molecule has 10 nitrogen and oxygen atoms in total. The minimum absolute atomic E-state index is 0.0758. The van der Waals surface area contributed by atoms with E-state index in [1.165, 1.54) is 0 Å². The molecule has 0 saturated carbocycles. The average molecular weight is 601 g/mol. The van der Waals surface area contributed by atoms with Gasteiger partial charge in [0.25, 0.3) is 0 Å². The number of amides is 3. The number of morpholine rings is 1. The van der Waals surface area contributed by atoms with Crippen molar-refractivity contribution in [2.75, 3.05) is 72.0 Å². The SMILES string of the molecule is COc1ccc(CCN(Cc2ccco2)C(=O)CN(CCN2CCOCC2)C(=O)Nc2cccc3ccccc23)cc1OC. The van der Waals surface area contributed by atoms with E-state index in [1.54, 1.807) is 36.3 Å². The summed E-state index contributed by atoms with van der Waals surface area (Å²) in [6.45, 7) is 4.59. The molecular weight excluding hydrogens is 560 g/mol. The van der Waals surface area contributed by atoms with Crippen LogP contribution >= 0.6 is 0 Å². The maximum atomic E-state index is 13.9. The first-order valence-corrected chi connectivity index (χ1v) is 14.9. The molecule has 4 aromatic rings. The molecule has 1 aromatic heterocycles. The van der Waals surface area contributed by atoms with Gasteiger partial charge in [-0.05, 0) is 47.7 Å². The molecule has 1 N–H and O–H groups in total. The summed E-state index contributed by atoms with van der Waals surface area (Å²) in [6, 6.07) is 22.8. The Morgan fingerprint density at radius 1 is 0.886 bits per heavy atom. The summed E-state index contributed by atoms with van der Waals surface area (Å²) in [4.78, 5) is 33.3. The third-order valence-corrected chi connectivity index (χ3v) is 7.83. The van der Waals surface area contributed by atoms with Gasteiger partial charge >= 0.3 is 6.03 Å². The predicted molar refractivity (Wildman–Crippen MR) is 169 cm³/mol. The van der Waals surface area contributed by atoms with Gasteiger partial charge in [0, 0.05) is 38.1 Å². The highest BCUT2D eigenvalue weighted by Gasteiger charge is 2.24. The first kappa shape index (κ1) is 30.9. The summed E-state index contributed by atoms with van der Waals surface area (Å²) in [5.41, 5.74) is 1.70. The topological polar surface area (TPSA) is 96.7 Å². The van der Waals surface area contributed by atoms with Crippen molar-refractivity contribution in [3.63, 3.8) is 0 Å². The van der Waals surface area contributed by atoms with Crippen LogP contribution in [-0.2, 0) is 22.5 Å². The van der Waals surface area contributed by atoms with Crippen molar-refractivity contribution < 1.29 is 28.2 Å². The lowest BCUT2D eigenvalue weighted by Crippen LogP contribution is -2.48. The van der Waals surface area contributed by atoms with E-state index in [2.05, 4.69) is 10.2 Å². The largest absolute Gasteiger partial charge is 0.493 e. The summed E-state index contributed by atoms with van der Waals surface area (Å²) in [5, 5.41) is 5.04. The van der Waals surface area contributed by atoms with Crippen molar-refractivity contribution in [1.82, 2.24) is 14.7 Å². The van der Waals surface area contributed by atoms with Gasteiger partial charge in [0.05, 0.1) is 45.9 Å². The third kappa shape index (κ3) is 8.09. The van der Waals surface area contributed by atoms with Gasteiger partial charge in [0.1, 0.15) is 12.3 Å². The number of hydrogen-bond acceptors (Lipinski definition) is 7. The van der Waals surface area contributed by atoms with Gasteiger partial charge in [-0.25, -0.2) is 4.79 Å². The Morgan fingerprint density at radius 3 is 2.45 bits per heavy atom. The lowest BCUT2D eigenvalue weighted by molar-refractivity contribution is -0.132. The number of hydrogen-bond donors (Lipinski definition) is 1. The molecule has 0 spiro atoms. The molecule has 0 atom stereocenters. The van der Waals surface area contributed by atoms with Gasteiger partial charge in [-0.3, -0.25) is 9.69 Å². The molecule has 5 rings (SSSR count). The van der Waals surface area contributed by atoms with E-state index in [4.69, 9.17) is 18.6 Å². The lowest BCUT2D eigenvalue weighted by Gasteiger charge is -2.31. The minimum atomic E-state index is -0.319. The standard InChI is InChI=1S/C34H40N4O6/c1-41-31-13-12-26(23-32(31)42-2)14-15-37(24-28-9-6-20-44-28)33(39)25-38(17-16-36-18-21-43-22-19-36)34(40)35-30-11-5-8-27-7-3-4-10-29(27)30/h3-13,20,23H,14-19,21-22,24-25H2,1-2H3,(H,35,40). The fraction of sp³-hybridized carbons (Fsp3) is 0.353. The number of rotatable bonds is 13. The summed E-state index contributed by atoms with van der Waals surface area (Å²) in [6.07, 6.45) is 2.18. The monoisotopic (exact) mass is 600 g/mol. The number of nitrogens with zero attached hydrogens (tertiary/aromatic N) is 3. The molecule has 0 aliphatic carbocycles. The van der Waals surface area contributed by atoms with Crippen molar-refractivity contribution in [3.05, 3.63) is 90.4 Å². The van der Waals surface area contributed by atoms with E-state index in [1.807, 2.05) is 66.7 Å². The summed E-state index contributed by atoms with van der Waals surface area (Å²) in [5.74, 6) is 1.78. The zero-order valence-electron chi connectivity index (χ0n) is 25.4. The number of fused-ring (bicyclic) bond motifs is 1. The van der Waals surface area contributed by atoms with Crippen molar-refractivity contribution >= 4 is 28.4 Å². The molecule has 0 radical (unpaired) electrons. The summed E-state index contributed by atoms with van der Waals surface area (Å²) >= 11 is 0. The number of urea groups is 1. The Hall–Kier alpha value is -4.54. The zero-order chi connectivity index (χ0) is 30.7. The normalized spacial score (nSPS) is 13.4. The minimum Gasteiger partial charge on any atom is -0.493 e. The van der Waals surface area contributed by atoms with Crippen molar-refractivity contribution in [1.29, 1.82) is 0 Å². The predicted octanol–water partition coefficient (Wildman–Crippen LogP) is 4.89. The molecule has 1 saturated heterocycles. The first-order valence-electron chi connectivity index (χ1n) is 14.9. The van der Waals surface area contributed by atoms with Crippen LogP contribution in [0.4, 0.5) is 10.5 Å². The summed E-state index contributed by atoms with van der Waals surface area (Å²) in [7, 11) is 3.20. The second-order valence-electron chi connectivity index (χ2n) is 10.7. The van der Waals surface area contributed by atoms with Crippen molar-refractivity contribution in [2.45, 2.75) is 13.0 Å². The van der Waals surface area contributed by atoms with Gasteiger partial charge in [-0.15, -0.1) is 0 Å². The number of anilines is 1. The second-order valence-corrected chi connectivity index (χ2v) is 10.7. The van der Waals surface area contributed by atoms with Crippen LogP contribution in [0.3, 0.4) is 0 Å². The highest BCUT2D eigenvalue weighted by atomic mass is 16.5. The molecule has 2 heterocycles. The Bertz CT molecular complexity index is 1510. The molecule has 1 aliphatic rings. The van der Waals surface area contributed by atoms with Gasteiger partial charge in [0.15, 0.2) is 11.5 Å². The maximum absolute atomic E-state index is 13.9. The maximum Gasteiger partial charge on any atom is 0.322 e. The molecule has 3 aromatic carbocycles. The van der Waals surface area contributed by atoms with Crippen LogP contribution in [0.15, 0.2) is 83.5 Å². The Labute approximate surface area is 258 Å². The van der Waals surface area contributed by atoms with Crippen LogP contribution in [0, 0.1) is 0 Å². The van der Waals surface area contributed by atoms with E-state index in [-0.39, 0.29) is 18.5 Å². The number of ether oxygens (including phenoxy) is 3. The van der Waals surface area contributed by atoms with Gasteiger partial charge in [-0.1, -0.05) is 42.5 Å². The quantitative estimate of drug-likeness (QED) is 0.234. The van der Waals surface area contributed by atoms with Gasteiger partial charge in [-0.2, -0.15) is 0 Å². The second kappa shape index (κ2) is 15.3. The molecule has 0 unspecified atom stereocenters. The highest BCUT2D eigenvalue weighted by Crippen LogP contribution is 2.28. The molecule has 0 bridgehead atoms. The van der Waals surface area contributed by atoms with Crippen molar-refractivity contribution in [2.24, 2.45) is 0 Å². The third-order valence-electron chi connectivity index (χ3n) is 7.83. The molecule has 44 heavy (non-hydrogen) atoms. The smallest absolute Gasteiger partial charge is 0.322 e. The average Bonchev–Trinajstić information content (AvgIpc) is 3.58. The number of furan rings is 1. The van der Waals surface area contributed by atoms with E-state index in [0.29, 0.717) is 68.8 Å². The molecule has 232 valence electrons. The van der Waals surface area contributed by atoms with Gasteiger partial charge in [0.2, 0.25) is 5.91 Å². The first-order chi connectivity index (χ1) is 21.5. The lowest BCUT2D eigenvalue weighted by atomic mass is 10.1. The number of methoxy groups -OCH3 is 2. The molecule has 1 aliphatic heterocycles.